The van der Waals surface area contributed by atoms with Crippen LogP contribution in [0, 0.1) is 6.92 Å². The predicted octanol–water partition coefficient (Wildman–Crippen LogP) is 2.68. The van der Waals surface area contributed by atoms with Crippen molar-refractivity contribution in [3.05, 3.63) is 54.0 Å². The van der Waals surface area contributed by atoms with Crippen LogP contribution >= 0.6 is 12.2 Å². The van der Waals surface area contributed by atoms with Gasteiger partial charge in [0.05, 0.1) is 25.9 Å². The summed E-state index contributed by atoms with van der Waals surface area (Å²) in [5.41, 5.74) is 2.24. The Morgan fingerprint density at radius 2 is 1.96 bits per heavy atom. The molecule has 1 fully saturated rings. The summed E-state index contributed by atoms with van der Waals surface area (Å²) in [4.78, 5) is 1.59. The van der Waals surface area contributed by atoms with Gasteiger partial charge in [0.2, 0.25) is 0 Å². The van der Waals surface area contributed by atoms with Gasteiger partial charge < -0.3 is 20.0 Å². The summed E-state index contributed by atoms with van der Waals surface area (Å²) in [6, 6.07) is 12.5. The fraction of sp³-hybridized carbons (Fsp3) is 0.421. The molecule has 128 valence electrons. The third kappa shape index (κ3) is 4.36. The number of quaternary nitrogens is 1. The van der Waals surface area contributed by atoms with Crippen molar-refractivity contribution in [1.29, 1.82) is 0 Å². The fourth-order valence-corrected chi connectivity index (χ4v) is 3.56. The molecular formula is C19H26N3OS+. The van der Waals surface area contributed by atoms with Gasteiger partial charge in [-0.15, -0.1) is 0 Å². The summed E-state index contributed by atoms with van der Waals surface area (Å²) < 4.78 is 5.69. The van der Waals surface area contributed by atoms with Crippen molar-refractivity contribution in [2.45, 2.75) is 32.2 Å². The van der Waals surface area contributed by atoms with Crippen molar-refractivity contribution >= 4 is 23.0 Å². The number of hydrogen-bond donors (Lipinski definition) is 3. The Morgan fingerprint density at radius 3 is 2.67 bits per heavy atom. The zero-order chi connectivity index (χ0) is 16.8. The number of aryl methyl sites for hydroxylation is 1. The van der Waals surface area contributed by atoms with E-state index in [0.717, 1.165) is 18.0 Å². The highest BCUT2D eigenvalue weighted by Crippen LogP contribution is 2.14. The summed E-state index contributed by atoms with van der Waals surface area (Å²) in [7, 11) is 0. The van der Waals surface area contributed by atoms with Crippen molar-refractivity contribution in [1.82, 2.24) is 5.32 Å². The average Bonchev–Trinajstić information content (AvgIpc) is 3.12. The first-order valence-corrected chi connectivity index (χ1v) is 9.13. The van der Waals surface area contributed by atoms with Crippen LogP contribution in [0.25, 0.3) is 0 Å². The molecule has 3 rings (SSSR count). The van der Waals surface area contributed by atoms with E-state index in [1.54, 1.807) is 11.2 Å². The second kappa shape index (κ2) is 8.31. The molecule has 0 spiro atoms. The highest BCUT2D eigenvalue weighted by molar-refractivity contribution is 7.80. The van der Waals surface area contributed by atoms with Gasteiger partial charge in [0.15, 0.2) is 16.9 Å². The quantitative estimate of drug-likeness (QED) is 0.730. The molecule has 0 amide bonds. The molecular weight excluding hydrogens is 318 g/mol. The molecule has 1 saturated heterocycles. The van der Waals surface area contributed by atoms with Gasteiger partial charge in [0.25, 0.3) is 0 Å². The van der Waals surface area contributed by atoms with Crippen LogP contribution < -0.4 is 15.5 Å². The van der Waals surface area contributed by atoms with E-state index in [9.17, 15) is 0 Å². The lowest BCUT2D eigenvalue weighted by atomic mass is 10.1. The first kappa shape index (κ1) is 17.0. The predicted molar refractivity (Wildman–Crippen MR) is 101 cm³/mol. The third-order valence-corrected chi connectivity index (χ3v) is 4.98. The molecule has 1 aliphatic rings. The molecule has 0 bridgehead atoms. The van der Waals surface area contributed by atoms with Crippen LogP contribution in [0.3, 0.4) is 0 Å². The van der Waals surface area contributed by atoms with Crippen LogP contribution in [0.15, 0.2) is 47.1 Å². The maximum absolute atomic E-state index is 5.69. The van der Waals surface area contributed by atoms with E-state index in [0.29, 0.717) is 11.2 Å². The molecule has 1 aliphatic heterocycles. The average molecular weight is 345 g/mol. The van der Waals surface area contributed by atoms with Gasteiger partial charge in [-0.25, -0.2) is 0 Å². The highest BCUT2D eigenvalue weighted by atomic mass is 32.1. The molecule has 0 aliphatic carbocycles. The van der Waals surface area contributed by atoms with Crippen LogP contribution in [0.5, 0.6) is 0 Å². The monoisotopic (exact) mass is 344 g/mol. The Hall–Kier alpha value is -1.85. The van der Waals surface area contributed by atoms with Crippen LogP contribution in [0.1, 0.15) is 36.6 Å². The van der Waals surface area contributed by atoms with Gasteiger partial charge in [0.1, 0.15) is 0 Å². The largest absolute Gasteiger partial charge is 0.463 e. The Bertz CT molecular complexity index is 650. The standard InChI is InChI=1S/C19H25N3OS/c1-15-8-3-4-9-16(15)21-19(24)20-14-17(18-10-7-13-23-18)22-11-5-2-6-12-22/h3-4,7-10,13,17H,2,5-6,11-12,14H2,1H3,(H2,20,21,24)/p+1/t17-/m0/s1. The minimum atomic E-state index is 0.303. The molecule has 1 aromatic heterocycles. The second-order valence-corrected chi connectivity index (χ2v) is 6.85. The molecule has 24 heavy (non-hydrogen) atoms. The molecule has 0 saturated carbocycles. The number of nitrogens with one attached hydrogen (secondary N) is 3. The van der Waals surface area contributed by atoms with E-state index in [4.69, 9.17) is 16.6 Å². The molecule has 3 N–H and O–H groups in total. The van der Waals surface area contributed by atoms with E-state index in [1.807, 2.05) is 24.3 Å². The molecule has 2 heterocycles. The Morgan fingerprint density at radius 1 is 1.17 bits per heavy atom. The molecule has 2 aromatic rings. The Balaban J connectivity index is 1.61. The fourth-order valence-electron chi connectivity index (χ4n) is 3.36. The minimum Gasteiger partial charge on any atom is -0.463 e. The first-order chi connectivity index (χ1) is 11.7. The van der Waals surface area contributed by atoms with E-state index in [1.165, 1.54) is 37.9 Å². The van der Waals surface area contributed by atoms with E-state index in [-0.39, 0.29) is 0 Å². The number of likely N-dealkylation sites (tertiary alicyclic amines) is 1. The van der Waals surface area contributed by atoms with Crippen LogP contribution in [-0.2, 0) is 0 Å². The molecule has 0 unspecified atom stereocenters. The third-order valence-electron chi connectivity index (χ3n) is 4.74. The normalized spacial score (nSPS) is 16.5. The van der Waals surface area contributed by atoms with E-state index in [2.05, 4.69) is 29.7 Å². The molecule has 1 aromatic carbocycles. The molecule has 5 heteroatoms. The highest BCUT2D eigenvalue weighted by Gasteiger charge is 2.28. The lowest BCUT2D eigenvalue weighted by Gasteiger charge is -2.30. The summed E-state index contributed by atoms with van der Waals surface area (Å²) >= 11 is 5.48. The number of thiocarbonyl (C=S) groups is 1. The van der Waals surface area contributed by atoms with Gasteiger partial charge in [0, 0.05) is 5.69 Å². The number of hydrogen-bond acceptors (Lipinski definition) is 2. The summed E-state index contributed by atoms with van der Waals surface area (Å²) in [5, 5.41) is 7.34. The van der Waals surface area contributed by atoms with Crippen molar-refractivity contribution in [2.75, 3.05) is 25.0 Å². The lowest BCUT2D eigenvalue weighted by Crippen LogP contribution is -3.13. The number of furan rings is 1. The zero-order valence-corrected chi connectivity index (χ0v) is 15.0. The lowest BCUT2D eigenvalue weighted by molar-refractivity contribution is -0.936. The van der Waals surface area contributed by atoms with Crippen LogP contribution in [0.4, 0.5) is 5.69 Å². The maximum atomic E-state index is 5.69. The van der Waals surface area contributed by atoms with Crippen molar-refractivity contribution in [2.24, 2.45) is 0 Å². The van der Waals surface area contributed by atoms with Gasteiger partial charge in [-0.1, -0.05) is 18.2 Å². The van der Waals surface area contributed by atoms with E-state index >= 15 is 0 Å². The Labute approximate surface area is 149 Å². The number of anilines is 1. The minimum absolute atomic E-state index is 0.303. The van der Waals surface area contributed by atoms with E-state index < -0.39 is 0 Å². The van der Waals surface area contributed by atoms with Gasteiger partial charge in [-0.3, -0.25) is 0 Å². The van der Waals surface area contributed by atoms with Gasteiger partial charge in [-0.2, -0.15) is 0 Å². The summed E-state index contributed by atoms with van der Waals surface area (Å²) in [6.45, 7) is 5.26. The van der Waals surface area contributed by atoms with Crippen LogP contribution in [0.2, 0.25) is 0 Å². The number of piperidine rings is 1. The smallest absolute Gasteiger partial charge is 0.171 e. The number of rotatable bonds is 5. The molecule has 0 radical (unpaired) electrons. The van der Waals surface area contributed by atoms with Crippen molar-refractivity contribution in [3.63, 3.8) is 0 Å². The van der Waals surface area contributed by atoms with Gasteiger partial charge >= 0.3 is 0 Å². The first-order valence-electron chi connectivity index (χ1n) is 8.72. The number of para-hydroxylation sites is 1. The summed E-state index contributed by atoms with van der Waals surface area (Å²) in [5.74, 6) is 1.04. The Kier molecular flexibility index (Phi) is 5.88. The SMILES string of the molecule is Cc1ccccc1NC(=S)NC[C@@H](c1ccco1)[NH+]1CCCCC1. The second-order valence-electron chi connectivity index (χ2n) is 6.44. The molecule has 1 atom stereocenters. The van der Waals surface area contributed by atoms with Crippen LogP contribution in [-0.4, -0.2) is 24.7 Å². The molecule has 4 nitrogen and oxygen atoms in total. The topological polar surface area (TPSA) is 41.6 Å². The number of benzene rings is 1. The van der Waals surface area contributed by atoms with Crippen molar-refractivity contribution < 1.29 is 9.32 Å². The summed E-state index contributed by atoms with van der Waals surface area (Å²) in [6.07, 6.45) is 5.68. The maximum Gasteiger partial charge on any atom is 0.171 e. The van der Waals surface area contributed by atoms with Gasteiger partial charge in [-0.05, 0) is 62.2 Å². The zero-order valence-electron chi connectivity index (χ0n) is 14.2. The van der Waals surface area contributed by atoms with Crippen molar-refractivity contribution in [3.8, 4) is 0 Å².